The molecule has 2 aromatic heterocycles. The van der Waals surface area contributed by atoms with E-state index in [0.29, 0.717) is 21.8 Å². The van der Waals surface area contributed by atoms with Crippen molar-refractivity contribution in [3.63, 3.8) is 0 Å². The van der Waals surface area contributed by atoms with Gasteiger partial charge < -0.3 is 60.6 Å². The second-order valence-corrected chi connectivity index (χ2v) is 24.6. The number of benzene rings is 2. The zero-order valence-electron chi connectivity index (χ0n) is 46.4. The van der Waals surface area contributed by atoms with Gasteiger partial charge in [0, 0.05) is 50.0 Å². The number of cyclic esters (lactones) is 2. The Labute approximate surface area is 475 Å². The molecule has 2 spiro atoms. The van der Waals surface area contributed by atoms with Crippen molar-refractivity contribution in [3.8, 4) is 11.5 Å². The fraction of sp³-hybridized carbons (Fsp3) is 0.491. The smallest absolute Gasteiger partial charge is 0.332 e. The first-order valence-corrected chi connectivity index (χ1v) is 28.3. The van der Waals surface area contributed by atoms with Crippen LogP contribution in [0.15, 0.2) is 60.7 Å². The second-order valence-electron chi connectivity index (χ2n) is 21.4. The number of nitrogens with one attached hydrogen (secondary N) is 4. The number of likely N-dealkylation sites (N-methyl/N-ethyl adjacent to an activating group) is 4. The molecule has 4 fully saturated rings. The summed E-state index contributed by atoms with van der Waals surface area (Å²) in [6.07, 6.45) is 0.139. The Kier molecular flexibility index (Phi) is 17.1. The number of carbonyl (C=O) groups is 10. The summed E-state index contributed by atoms with van der Waals surface area (Å²) in [6, 6.07) is 6.58. The number of hydrogen-bond acceptors (Lipinski definition) is 18. The number of aromatic hydroxyl groups is 2. The quantitative estimate of drug-likeness (QED) is 0.149. The average molecular weight is 1160 g/mol. The lowest BCUT2D eigenvalue weighted by Gasteiger charge is -2.40. The average Bonchev–Trinajstić information content (AvgIpc) is 3.47. The minimum Gasteiger partial charge on any atom is -0.505 e. The molecule has 4 aromatic rings. The molecule has 4 aliphatic rings. The van der Waals surface area contributed by atoms with E-state index in [1.165, 1.54) is 70.8 Å². The lowest BCUT2D eigenvalue weighted by molar-refractivity contribution is -0.161. The van der Waals surface area contributed by atoms with E-state index in [-0.39, 0.29) is 23.8 Å². The summed E-state index contributed by atoms with van der Waals surface area (Å²) in [6.45, 7) is 8.06. The predicted octanol–water partition coefficient (Wildman–Crippen LogP) is 1.54. The van der Waals surface area contributed by atoms with Crippen LogP contribution in [0.4, 0.5) is 0 Å². The van der Waals surface area contributed by atoms with E-state index in [9.17, 15) is 48.6 Å². The third-order valence-electron chi connectivity index (χ3n) is 15.6. The first-order valence-electron chi connectivity index (χ1n) is 26.3. The van der Waals surface area contributed by atoms with Crippen LogP contribution in [0.2, 0.25) is 0 Å². The molecule has 24 nitrogen and oxygen atoms in total. The van der Waals surface area contributed by atoms with Gasteiger partial charge in [-0.15, -0.1) is 23.5 Å². The summed E-state index contributed by atoms with van der Waals surface area (Å²) in [4.78, 5) is 159. The molecule has 6 N–H and O–H groups in total. The van der Waals surface area contributed by atoms with Gasteiger partial charge in [0.1, 0.15) is 72.0 Å². The number of pyridine rings is 2. The van der Waals surface area contributed by atoms with E-state index in [1.807, 2.05) is 13.8 Å². The van der Waals surface area contributed by atoms with E-state index in [4.69, 9.17) is 9.47 Å². The van der Waals surface area contributed by atoms with Gasteiger partial charge in [-0.3, -0.25) is 38.4 Å². The van der Waals surface area contributed by atoms with Crippen LogP contribution in [0.3, 0.4) is 0 Å². The first-order chi connectivity index (χ1) is 38.2. The summed E-state index contributed by atoms with van der Waals surface area (Å²) in [5.74, 6) is -11.7. The van der Waals surface area contributed by atoms with Crippen molar-refractivity contribution in [2.24, 2.45) is 11.8 Å². The Morgan fingerprint density at radius 2 is 1.06 bits per heavy atom. The highest BCUT2D eigenvalue weighted by atomic mass is 32.2. The number of para-hydroxylation sites is 2. The van der Waals surface area contributed by atoms with Crippen molar-refractivity contribution in [3.05, 3.63) is 72.1 Å². The molecule has 2 saturated carbocycles. The van der Waals surface area contributed by atoms with E-state index in [2.05, 4.69) is 31.2 Å². The van der Waals surface area contributed by atoms with Crippen LogP contribution in [0, 0.1) is 11.8 Å². The predicted molar refractivity (Wildman–Crippen MR) is 297 cm³/mol. The van der Waals surface area contributed by atoms with Gasteiger partial charge in [-0.25, -0.2) is 19.6 Å². The molecule has 2 aromatic carbocycles. The summed E-state index contributed by atoms with van der Waals surface area (Å²) < 4.78 is 10.7. The van der Waals surface area contributed by atoms with Crippen molar-refractivity contribution in [1.82, 2.24) is 50.8 Å². The highest BCUT2D eigenvalue weighted by molar-refractivity contribution is 8.17. The lowest BCUT2D eigenvalue weighted by Crippen LogP contribution is -2.61. The number of rotatable bonds is 6. The van der Waals surface area contributed by atoms with Crippen molar-refractivity contribution in [2.75, 3.05) is 47.2 Å². The van der Waals surface area contributed by atoms with Gasteiger partial charge in [0.15, 0.2) is 11.4 Å². The third kappa shape index (κ3) is 11.6. The maximum Gasteiger partial charge on any atom is 0.332 e. The van der Waals surface area contributed by atoms with Gasteiger partial charge in [-0.05, 0) is 62.8 Å². The van der Waals surface area contributed by atoms with Gasteiger partial charge >= 0.3 is 11.9 Å². The van der Waals surface area contributed by atoms with E-state index in [1.54, 1.807) is 62.4 Å². The van der Waals surface area contributed by atoms with Crippen LogP contribution in [-0.4, -0.2) is 203 Å². The molecule has 2 aliphatic heterocycles. The molecular weight excluding hydrogens is 1090 g/mol. The highest BCUT2D eigenvalue weighted by Crippen LogP contribution is 2.51. The van der Waals surface area contributed by atoms with E-state index >= 15 is 9.59 Å². The summed E-state index contributed by atoms with van der Waals surface area (Å²) in [5.41, 5.74) is -3.61. The maximum absolute atomic E-state index is 15.6. The Morgan fingerprint density at radius 1 is 0.654 bits per heavy atom. The zero-order chi connectivity index (χ0) is 59.2. The highest BCUT2D eigenvalue weighted by Gasteiger charge is 2.66. The van der Waals surface area contributed by atoms with Crippen molar-refractivity contribution in [2.45, 2.75) is 112 Å². The molecule has 0 radical (unpaired) electrons. The number of thioether (sulfide) groups is 2. The number of aromatic nitrogens is 2. The van der Waals surface area contributed by atoms with Crippen molar-refractivity contribution in [1.29, 1.82) is 0 Å². The number of amides is 8. The molecule has 2 saturated heterocycles. The standard InChI is InChI=1S/C55H66N10O14S2/c1-26(2)81-51-42-50(75)65(10)55(22-28(55)4)53(77)79-24-35(60-45(70)40-38(66)19-31-15-11-13-17-33(31)58-40)43(68)56-29(5)47(72)62(7)37(25-80-51)49(74)64(9)54(21-27(54)3)52(76)78-23-36(44(69)57-30(6)48(73)63(42)8)61-46(71)41-39(67)20-32-16-12-14-18-34(32)59-41/h11-20,26-30,35-37,42,51,66-67H,21-25H2,1-10H3,(H,56,68)(H,57,69)(H,60,70)(H,61,71)/t27-,28-,29-,30-,35+,36+,37-,42+,51-,54-,55-/m0/s1. The molecule has 11 atom stereocenters. The van der Waals surface area contributed by atoms with Crippen molar-refractivity contribution >= 4 is 105 Å². The molecule has 81 heavy (non-hydrogen) atoms. The minimum absolute atomic E-state index is 0.0674. The fourth-order valence-corrected chi connectivity index (χ4v) is 13.9. The molecule has 4 heterocycles. The van der Waals surface area contributed by atoms with Crippen LogP contribution in [0.25, 0.3) is 21.8 Å². The summed E-state index contributed by atoms with van der Waals surface area (Å²) in [5, 5.41) is 32.7. The Morgan fingerprint density at radius 3 is 1.48 bits per heavy atom. The molecule has 8 rings (SSSR count). The summed E-state index contributed by atoms with van der Waals surface area (Å²) >= 11 is 2.31. The normalized spacial score (nSPS) is 29.4. The monoisotopic (exact) mass is 1150 g/mol. The largest absolute Gasteiger partial charge is 0.505 e. The van der Waals surface area contributed by atoms with Gasteiger partial charge in [-0.1, -0.05) is 64.1 Å². The van der Waals surface area contributed by atoms with Crippen LogP contribution >= 0.6 is 23.5 Å². The SMILES string of the molecule is CC(C)S[C@@H]1SC[C@H]2C(=O)N(C)[C@]3(C[C@@H]3C)C(=O)OC[C@@H](NC(=O)c3nc4ccccc4cc3O)C(=O)N[C@@H](C)C(=O)N(C)[C@@H]1C(=O)N(C)[C@]1(C[C@@H]1C)C(=O)OC[C@@H](NC(=O)c1nc3ccccc3cc1O)C(=O)N[C@@H](C)C(=O)N2C. The van der Waals surface area contributed by atoms with Crippen LogP contribution < -0.4 is 21.3 Å². The number of fused-ring (bicyclic) bond motifs is 6. The molecule has 2 aliphatic carbocycles. The maximum atomic E-state index is 15.6. The number of nitrogens with zero attached hydrogens (tertiary/aromatic N) is 6. The molecule has 432 valence electrons. The number of carbonyl (C=O) groups excluding carboxylic acids is 10. The van der Waals surface area contributed by atoms with Crippen LogP contribution in [0.5, 0.6) is 11.5 Å². The number of esters is 2. The van der Waals surface area contributed by atoms with Gasteiger partial charge in [0.2, 0.25) is 35.4 Å². The van der Waals surface area contributed by atoms with Gasteiger partial charge in [0.25, 0.3) is 11.8 Å². The van der Waals surface area contributed by atoms with E-state index < -0.39 is 159 Å². The Hall–Kier alpha value is -7.74. The van der Waals surface area contributed by atoms with Crippen molar-refractivity contribution < 1.29 is 67.6 Å². The molecule has 8 amide bonds. The second kappa shape index (κ2) is 23.4. The number of ether oxygens (including phenoxy) is 2. The lowest BCUT2D eigenvalue weighted by atomic mass is 10.1. The zero-order valence-corrected chi connectivity index (χ0v) is 48.0. The molecule has 0 unspecified atom stereocenters. The Bertz CT molecular complexity index is 3240. The third-order valence-corrected chi connectivity index (χ3v) is 18.5. The minimum atomic E-state index is -1.75. The molecule has 2 bridgehead atoms. The first kappa shape index (κ1) is 59.4. The van der Waals surface area contributed by atoms with Crippen LogP contribution in [0.1, 0.15) is 75.4 Å². The van der Waals surface area contributed by atoms with E-state index in [0.717, 1.165) is 26.5 Å². The van der Waals surface area contributed by atoms with Crippen LogP contribution in [-0.2, 0) is 47.8 Å². The number of hydrogen-bond donors (Lipinski definition) is 6. The molecule has 26 heteroatoms. The van der Waals surface area contributed by atoms with Gasteiger partial charge in [-0.2, -0.15) is 0 Å². The topological polar surface area (TPSA) is 316 Å². The fourth-order valence-electron chi connectivity index (χ4n) is 10.5. The molecular formula is C55H66N10O14S2. The Balaban J connectivity index is 1.20. The summed E-state index contributed by atoms with van der Waals surface area (Å²) in [7, 11) is 5.38. The van der Waals surface area contributed by atoms with Gasteiger partial charge in [0.05, 0.1) is 15.6 Å².